The normalized spacial score (nSPS) is 10.6. The van der Waals surface area contributed by atoms with Crippen molar-refractivity contribution in [3.8, 4) is 11.4 Å². The van der Waals surface area contributed by atoms with E-state index in [2.05, 4.69) is 20.7 Å². The molecule has 122 valence electrons. The van der Waals surface area contributed by atoms with Gasteiger partial charge >= 0.3 is 0 Å². The lowest BCUT2D eigenvalue weighted by molar-refractivity contribution is -0.117. The molecule has 0 fully saturated rings. The van der Waals surface area contributed by atoms with Crippen LogP contribution in [0.25, 0.3) is 11.4 Å². The first-order valence-electron chi connectivity index (χ1n) is 7.11. The minimum atomic E-state index is -0.570. The molecule has 24 heavy (non-hydrogen) atoms. The largest absolute Gasteiger partial charge is 0.322 e. The minimum absolute atomic E-state index is 0.00590. The molecule has 0 radical (unpaired) electrons. The van der Waals surface area contributed by atoms with E-state index in [1.165, 1.54) is 18.2 Å². The Morgan fingerprint density at radius 1 is 1.25 bits per heavy atom. The molecule has 2 aromatic carbocycles. The van der Waals surface area contributed by atoms with E-state index in [0.717, 1.165) is 15.9 Å². The number of aromatic nitrogens is 4. The molecular formula is C16H13ClFN5O. The van der Waals surface area contributed by atoms with E-state index < -0.39 is 11.7 Å². The Labute approximate surface area is 142 Å². The lowest BCUT2D eigenvalue weighted by Crippen LogP contribution is -2.21. The highest BCUT2D eigenvalue weighted by Gasteiger charge is 2.11. The summed E-state index contributed by atoms with van der Waals surface area (Å²) in [5.74, 6) is -0.639. The van der Waals surface area contributed by atoms with Gasteiger partial charge in [-0.15, -0.1) is 10.2 Å². The number of hydrogen-bond donors (Lipinski definition) is 1. The van der Waals surface area contributed by atoms with Crippen molar-refractivity contribution in [2.45, 2.75) is 13.5 Å². The van der Waals surface area contributed by atoms with E-state index in [0.29, 0.717) is 10.8 Å². The molecule has 0 saturated heterocycles. The summed E-state index contributed by atoms with van der Waals surface area (Å²) in [5, 5.41) is 14.6. The van der Waals surface area contributed by atoms with Gasteiger partial charge in [-0.2, -0.15) is 4.80 Å². The number of aryl methyl sites for hydroxylation is 1. The molecule has 6 nitrogen and oxygen atoms in total. The number of anilines is 1. The van der Waals surface area contributed by atoms with Crippen molar-refractivity contribution < 1.29 is 9.18 Å². The van der Waals surface area contributed by atoms with Gasteiger partial charge in [0.05, 0.1) is 5.69 Å². The lowest BCUT2D eigenvalue weighted by atomic mass is 10.1. The number of amides is 1. The average Bonchev–Trinajstić information content (AvgIpc) is 3.00. The number of halogens is 2. The molecule has 0 saturated carbocycles. The second kappa shape index (κ2) is 6.76. The molecule has 0 unspecified atom stereocenters. The molecule has 0 atom stereocenters. The molecule has 0 spiro atoms. The Balaban J connectivity index is 1.69. The summed E-state index contributed by atoms with van der Waals surface area (Å²) >= 11 is 5.78. The first-order chi connectivity index (χ1) is 11.5. The molecule has 1 N–H and O–H groups in total. The highest BCUT2D eigenvalue weighted by atomic mass is 35.5. The molecule has 0 bridgehead atoms. The Bertz CT molecular complexity index is 878. The molecule has 1 heterocycles. The molecule has 3 rings (SSSR count). The van der Waals surface area contributed by atoms with Crippen LogP contribution in [-0.2, 0) is 11.3 Å². The van der Waals surface area contributed by atoms with Crippen LogP contribution in [0.2, 0.25) is 5.02 Å². The van der Waals surface area contributed by atoms with E-state index in [1.54, 1.807) is 0 Å². The van der Waals surface area contributed by atoms with E-state index in [9.17, 15) is 9.18 Å². The molecule has 8 heteroatoms. The van der Waals surface area contributed by atoms with Crippen LogP contribution >= 0.6 is 11.6 Å². The Hall–Kier alpha value is -2.80. The SMILES string of the molecule is Cc1ccc(-c2nnn(CC(=O)Nc3cc(Cl)ccc3F)n2)cc1. The number of rotatable bonds is 4. The van der Waals surface area contributed by atoms with Crippen LogP contribution in [0.4, 0.5) is 10.1 Å². The van der Waals surface area contributed by atoms with Crippen LogP contribution in [0, 0.1) is 12.7 Å². The number of nitrogens with zero attached hydrogens (tertiary/aromatic N) is 4. The molecule has 0 aliphatic heterocycles. The highest BCUT2D eigenvalue weighted by molar-refractivity contribution is 6.30. The number of carbonyl (C=O) groups excluding carboxylic acids is 1. The number of hydrogen-bond acceptors (Lipinski definition) is 4. The van der Waals surface area contributed by atoms with Gasteiger partial charge in [0.15, 0.2) is 0 Å². The third kappa shape index (κ3) is 3.75. The number of tetrazole rings is 1. The van der Waals surface area contributed by atoms with Crippen molar-refractivity contribution in [2.24, 2.45) is 0 Å². The summed E-state index contributed by atoms with van der Waals surface area (Å²) in [6, 6.07) is 11.5. The third-order valence-corrected chi connectivity index (χ3v) is 3.49. The maximum Gasteiger partial charge on any atom is 0.248 e. The number of carbonyl (C=O) groups is 1. The average molecular weight is 346 g/mol. The first-order valence-corrected chi connectivity index (χ1v) is 7.49. The summed E-state index contributed by atoms with van der Waals surface area (Å²) in [4.78, 5) is 13.1. The highest BCUT2D eigenvalue weighted by Crippen LogP contribution is 2.19. The predicted molar refractivity (Wildman–Crippen MR) is 88.0 cm³/mol. The van der Waals surface area contributed by atoms with Gasteiger partial charge in [0.2, 0.25) is 11.7 Å². The summed E-state index contributed by atoms with van der Waals surface area (Å²) < 4.78 is 13.6. The van der Waals surface area contributed by atoms with E-state index in [-0.39, 0.29) is 12.2 Å². The summed E-state index contributed by atoms with van der Waals surface area (Å²) in [7, 11) is 0. The monoisotopic (exact) mass is 345 g/mol. The molecule has 0 aliphatic rings. The van der Waals surface area contributed by atoms with Gasteiger partial charge in [0.25, 0.3) is 0 Å². The van der Waals surface area contributed by atoms with Gasteiger partial charge in [-0.25, -0.2) is 4.39 Å². The van der Waals surface area contributed by atoms with Gasteiger partial charge in [-0.05, 0) is 30.3 Å². The van der Waals surface area contributed by atoms with Crippen molar-refractivity contribution >= 4 is 23.2 Å². The van der Waals surface area contributed by atoms with Gasteiger partial charge in [0.1, 0.15) is 12.4 Å². The van der Waals surface area contributed by atoms with Crippen LogP contribution in [0.5, 0.6) is 0 Å². The van der Waals surface area contributed by atoms with Crippen LogP contribution in [-0.4, -0.2) is 26.1 Å². The molecular weight excluding hydrogens is 333 g/mol. The maximum absolute atomic E-state index is 13.6. The zero-order valence-electron chi connectivity index (χ0n) is 12.7. The third-order valence-electron chi connectivity index (χ3n) is 3.25. The van der Waals surface area contributed by atoms with Crippen LogP contribution in [0.1, 0.15) is 5.56 Å². The quantitative estimate of drug-likeness (QED) is 0.788. The van der Waals surface area contributed by atoms with Gasteiger partial charge < -0.3 is 5.32 Å². The molecule has 3 aromatic rings. The van der Waals surface area contributed by atoms with Crippen molar-refractivity contribution in [2.75, 3.05) is 5.32 Å². The Morgan fingerprint density at radius 3 is 2.75 bits per heavy atom. The van der Waals surface area contributed by atoms with Gasteiger partial charge in [-0.1, -0.05) is 41.4 Å². The summed E-state index contributed by atoms with van der Waals surface area (Å²) in [5.41, 5.74) is 1.92. The smallest absolute Gasteiger partial charge is 0.248 e. The fourth-order valence-electron chi connectivity index (χ4n) is 2.04. The Morgan fingerprint density at radius 2 is 2.00 bits per heavy atom. The van der Waals surface area contributed by atoms with Gasteiger partial charge in [0, 0.05) is 10.6 Å². The first kappa shape index (κ1) is 16.1. The van der Waals surface area contributed by atoms with Crippen LogP contribution < -0.4 is 5.32 Å². The fraction of sp³-hybridized carbons (Fsp3) is 0.125. The summed E-state index contributed by atoms with van der Waals surface area (Å²) in [6.45, 7) is 1.79. The molecule has 1 amide bonds. The lowest BCUT2D eigenvalue weighted by Gasteiger charge is -2.06. The number of nitrogens with one attached hydrogen (secondary N) is 1. The second-order valence-electron chi connectivity index (χ2n) is 5.18. The minimum Gasteiger partial charge on any atom is -0.322 e. The zero-order valence-corrected chi connectivity index (χ0v) is 13.5. The standard InChI is InChI=1S/C16H13ClFN5O/c1-10-2-4-11(5-3-10)16-20-22-23(21-16)9-15(24)19-14-8-12(17)6-7-13(14)18/h2-8H,9H2,1H3,(H,19,24). The second-order valence-corrected chi connectivity index (χ2v) is 5.62. The Kier molecular flexibility index (Phi) is 4.52. The predicted octanol–water partition coefficient (Wildman–Crippen LogP) is 3.08. The van der Waals surface area contributed by atoms with Crippen molar-refractivity contribution in [3.63, 3.8) is 0 Å². The van der Waals surface area contributed by atoms with Crippen molar-refractivity contribution in [1.29, 1.82) is 0 Å². The van der Waals surface area contributed by atoms with Crippen LogP contribution in [0.15, 0.2) is 42.5 Å². The fourth-order valence-corrected chi connectivity index (χ4v) is 2.21. The van der Waals surface area contributed by atoms with E-state index >= 15 is 0 Å². The van der Waals surface area contributed by atoms with Crippen molar-refractivity contribution in [3.05, 3.63) is 58.9 Å². The number of benzene rings is 2. The summed E-state index contributed by atoms with van der Waals surface area (Å²) in [6.07, 6.45) is 0. The molecule has 0 aliphatic carbocycles. The maximum atomic E-state index is 13.6. The zero-order chi connectivity index (χ0) is 17.1. The van der Waals surface area contributed by atoms with Crippen molar-refractivity contribution in [1.82, 2.24) is 20.2 Å². The van der Waals surface area contributed by atoms with E-state index in [1.807, 2.05) is 31.2 Å². The van der Waals surface area contributed by atoms with E-state index in [4.69, 9.17) is 11.6 Å². The topological polar surface area (TPSA) is 72.7 Å². The van der Waals surface area contributed by atoms with Gasteiger partial charge in [-0.3, -0.25) is 4.79 Å². The molecule has 1 aromatic heterocycles. The van der Waals surface area contributed by atoms with Crippen LogP contribution in [0.3, 0.4) is 0 Å².